The van der Waals surface area contributed by atoms with E-state index in [1.807, 2.05) is 75.4 Å². The SMILES string of the molecule is CC(C)(C)OC(=O)N1CC=C[C@H](Nc2ccccc2)[C@H]1c1ccccc1. The van der Waals surface area contributed by atoms with E-state index in [0.717, 1.165) is 11.3 Å². The smallest absolute Gasteiger partial charge is 0.411 e. The minimum absolute atomic E-state index is 0.0407. The lowest BCUT2D eigenvalue weighted by atomic mass is 9.94. The van der Waals surface area contributed by atoms with Crippen LogP contribution in [0, 0.1) is 0 Å². The summed E-state index contributed by atoms with van der Waals surface area (Å²) < 4.78 is 5.65. The summed E-state index contributed by atoms with van der Waals surface area (Å²) in [6.45, 7) is 6.20. The molecular weight excluding hydrogens is 324 g/mol. The molecule has 0 saturated heterocycles. The van der Waals surface area contributed by atoms with Crippen LogP contribution in [0.15, 0.2) is 72.8 Å². The Hall–Kier alpha value is -2.75. The van der Waals surface area contributed by atoms with E-state index in [1.54, 1.807) is 4.90 Å². The van der Waals surface area contributed by atoms with Gasteiger partial charge in [-0.05, 0) is 38.5 Å². The van der Waals surface area contributed by atoms with Gasteiger partial charge in [-0.25, -0.2) is 4.79 Å². The van der Waals surface area contributed by atoms with Crippen LogP contribution in [0.4, 0.5) is 10.5 Å². The number of anilines is 1. The Morgan fingerprint density at radius 2 is 1.65 bits per heavy atom. The van der Waals surface area contributed by atoms with Crippen molar-refractivity contribution in [1.29, 1.82) is 0 Å². The molecule has 1 amide bonds. The number of ether oxygens (including phenoxy) is 1. The van der Waals surface area contributed by atoms with E-state index in [9.17, 15) is 4.79 Å². The zero-order valence-corrected chi connectivity index (χ0v) is 15.6. The number of nitrogens with zero attached hydrogens (tertiary/aromatic N) is 1. The van der Waals surface area contributed by atoms with Gasteiger partial charge in [0.05, 0.1) is 12.1 Å². The van der Waals surface area contributed by atoms with Gasteiger partial charge < -0.3 is 10.1 Å². The van der Waals surface area contributed by atoms with Gasteiger partial charge in [-0.2, -0.15) is 0 Å². The number of amides is 1. The largest absolute Gasteiger partial charge is 0.444 e. The van der Waals surface area contributed by atoms with Crippen molar-refractivity contribution in [1.82, 2.24) is 4.90 Å². The fourth-order valence-corrected chi connectivity index (χ4v) is 3.13. The van der Waals surface area contributed by atoms with Crippen LogP contribution >= 0.6 is 0 Å². The Balaban J connectivity index is 1.91. The van der Waals surface area contributed by atoms with E-state index in [-0.39, 0.29) is 18.2 Å². The highest BCUT2D eigenvalue weighted by molar-refractivity contribution is 5.70. The fraction of sp³-hybridized carbons (Fsp3) is 0.318. The topological polar surface area (TPSA) is 41.6 Å². The lowest BCUT2D eigenvalue weighted by Gasteiger charge is -2.39. The molecule has 0 aromatic heterocycles. The first-order valence-electron chi connectivity index (χ1n) is 8.97. The van der Waals surface area contributed by atoms with Crippen LogP contribution in [0.1, 0.15) is 32.4 Å². The molecule has 2 aromatic rings. The number of nitrogens with one attached hydrogen (secondary N) is 1. The third kappa shape index (κ3) is 4.45. The Labute approximate surface area is 155 Å². The number of rotatable bonds is 3. The summed E-state index contributed by atoms with van der Waals surface area (Å²) in [5, 5.41) is 3.54. The summed E-state index contributed by atoms with van der Waals surface area (Å²) in [6, 6.07) is 20.0. The second-order valence-electron chi connectivity index (χ2n) is 7.45. The van der Waals surface area contributed by atoms with Crippen molar-refractivity contribution in [2.45, 2.75) is 38.5 Å². The first kappa shape index (κ1) is 18.1. The Bertz CT molecular complexity index is 751. The van der Waals surface area contributed by atoms with E-state index in [2.05, 4.69) is 23.5 Å². The summed E-state index contributed by atoms with van der Waals surface area (Å²) in [5.41, 5.74) is 1.58. The molecule has 1 N–H and O–H groups in total. The number of carbonyl (C=O) groups excluding carboxylic acids is 1. The average molecular weight is 350 g/mol. The third-order valence-electron chi connectivity index (χ3n) is 4.20. The summed E-state index contributed by atoms with van der Waals surface area (Å²) in [7, 11) is 0. The molecule has 4 nitrogen and oxygen atoms in total. The van der Waals surface area contributed by atoms with Gasteiger partial charge in [-0.1, -0.05) is 60.7 Å². The lowest BCUT2D eigenvalue weighted by molar-refractivity contribution is 0.0166. The number of carbonyl (C=O) groups is 1. The number of para-hydroxylation sites is 1. The van der Waals surface area contributed by atoms with Crippen molar-refractivity contribution in [3.05, 3.63) is 78.4 Å². The molecule has 2 atom stereocenters. The maximum Gasteiger partial charge on any atom is 0.411 e. The van der Waals surface area contributed by atoms with Crippen molar-refractivity contribution in [3.8, 4) is 0 Å². The molecule has 0 saturated carbocycles. The molecule has 0 unspecified atom stereocenters. The van der Waals surface area contributed by atoms with Gasteiger partial charge in [0, 0.05) is 12.2 Å². The van der Waals surface area contributed by atoms with E-state index in [4.69, 9.17) is 4.74 Å². The summed E-state index contributed by atoms with van der Waals surface area (Å²) in [4.78, 5) is 14.6. The zero-order chi connectivity index (χ0) is 18.6. The molecule has 0 bridgehead atoms. The highest BCUT2D eigenvalue weighted by Gasteiger charge is 2.35. The van der Waals surface area contributed by atoms with E-state index < -0.39 is 5.60 Å². The van der Waals surface area contributed by atoms with Gasteiger partial charge >= 0.3 is 6.09 Å². The van der Waals surface area contributed by atoms with Crippen molar-refractivity contribution in [3.63, 3.8) is 0 Å². The third-order valence-corrected chi connectivity index (χ3v) is 4.20. The second-order valence-corrected chi connectivity index (χ2v) is 7.45. The average Bonchev–Trinajstić information content (AvgIpc) is 2.62. The normalized spacial score (nSPS) is 19.9. The van der Waals surface area contributed by atoms with E-state index in [1.165, 1.54) is 0 Å². The molecule has 0 spiro atoms. The van der Waals surface area contributed by atoms with E-state index in [0.29, 0.717) is 6.54 Å². The quantitative estimate of drug-likeness (QED) is 0.791. The van der Waals surface area contributed by atoms with Crippen molar-refractivity contribution in [2.24, 2.45) is 0 Å². The van der Waals surface area contributed by atoms with Crippen LogP contribution in [0.25, 0.3) is 0 Å². The molecule has 1 heterocycles. The molecule has 2 aromatic carbocycles. The van der Waals surface area contributed by atoms with Crippen molar-refractivity contribution in [2.75, 3.05) is 11.9 Å². The zero-order valence-electron chi connectivity index (χ0n) is 15.6. The number of hydrogen-bond donors (Lipinski definition) is 1. The molecule has 4 heteroatoms. The summed E-state index contributed by atoms with van der Waals surface area (Å²) >= 11 is 0. The molecule has 1 aliphatic heterocycles. The Morgan fingerprint density at radius 1 is 1.04 bits per heavy atom. The van der Waals surface area contributed by atoms with Gasteiger partial charge in [0.2, 0.25) is 0 Å². The molecule has 0 fully saturated rings. The molecule has 0 aliphatic carbocycles. The van der Waals surface area contributed by atoms with E-state index >= 15 is 0 Å². The van der Waals surface area contributed by atoms with Crippen LogP contribution in [-0.4, -0.2) is 29.2 Å². The minimum atomic E-state index is -0.526. The van der Waals surface area contributed by atoms with Gasteiger partial charge in [0.25, 0.3) is 0 Å². The second kappa shape index (κ2) is 7.65. The van der Waals surface area contributed by atoms with Crippen LogP contribution in [-0.2, 0) is 4.74 Å². The first-order chi connectivity index (χ1) is 12.4. The predicted molar refractivity (Wildman–Crippen MR) is 105 cm³/mol. The van der Waals surface area contributed by atoms with Gasteiger partial charge in [0.1, 0.15) is 5.60 Å². The molecular formula is C22H26N2O2. The highest BCUT2D eigenvalue weighted by atomic mass is 16.6. The molecule has 136 valence electrons. The molecule has 3 rings (SSSR count). The van der Waals surface area contributed by atoms with Crippen LogP contribution in [0.2, 0.25) is 0 Å². The van der Waals surface area contributed by atoms with Gasteiger partial charge in [-0.15, -0.1) is 0 Å². The maximum atomic E-state index is 12.8. The highest BCUT2D eigenvalue weighted by Crippen LogP contribution is 2.31. The predicted octanol–water partition coefficient (Wildman–Crippen LogP) is 5.02. The lowest BCUT2D eigenvalue weighted by Crippen LogP contribution is -2.47. The number of benzene rings is 2. The minimum Gasteiger partial charge on any atom is -0.444 e. The van der Waals surface area contributed by atoms with Crippen molar-refractivity contribution < 1.29 is 9.53 Å². The standard InChI is InChI=1S/C22H26N2O2/c1-22(2,3)26-21(25)24-16-10-15-19(23-18-13-8-5-9-14-18)20(24)17-11-6-4-7-12-17/h4-15,19-20,23H,16H2,1-3H3/t19-,20+/m0/s1. The molecule has 0 radical (unpaired) electrons. The van der Waals surface area contributed by atoms with Crippen LogP contribution < -0.4 is 5.32 Å². The first-order valence-corrected chi connectivity index (χ1v) is 8.97. The van der Waals surface area contributed by atoms with Crippen LogP contribution in [0.3, 0.4) is 0 Å². The molecule has 1 aliphatic rings. The monoisotopic (exact) mass is 350 g/mol. The van der Waals surface area contributed by atoms with Crippen LogP contribution in [0.5, 0.6) is 0 Å². The summed E-state index contributed by atoms with van der Waals surface area (Å²) in [5.74, 6) is 0. The number of hydrogen-bond acceptors (Lipinski definition) is 3. The fourth-order valence-electron chi connectivity index (χ4n) is 3.13. The maximum absolute atomic E-state index is 12.8. The summed E-state index contributed by atoms with van der Waals surface area (Å²) in [6.07, 6.45) is 3.85. The Morgan fingerprint density at radius 3 is 2.27 bits per heavy atom. The Kier molecular flexibility index (Phi) is 5.31. The molecule has 26 heavy (non-hydrogen) atoms. The van der Waals surface area contributed by atoms with Gasteiger partial charge in [-0.3, -0.25) is 4.90 Å². The van der Waals surface area contributed by atoms with Crippen molar-refractivity contribution >= 4 is 11.8 Å². The van der Waals surface area contributed by atoms with Gasteiger partial charge in [0.15, 0.2) is 0 Å².